The molecule has 2 heterocycles. The number of imide groups is 1. The Balaban J connectivity index is 1.94. The number of carbonyl (C=O) groups excluding carboxylic acids is 2. The molecule has 0 saturated carbocycles. The number of nitrogens with one attached hydrogen (secondary N) is 2. The van der Waals surface area contributed by atoms with Crippen LogP contribution in [0.25, 0.3) is 10.9 Å². The molecule has 0 atom stereocenters. The minimum absolute atomic E-state index is 0.0185. The van der Waals surface area contributed by atoms with Crippen molar-refractivity contribution in [2.75, 3.05) is 25.6 Å². The molecule has 7 heteroatoms. The van der Waals surface area contributed by atoms with E-state index in [0.717, 1.165) is 15.8 Å². The molecule has 0 aliphatic carbocycles. The lowest BCUT2D eigenvalue weighted by atomic mass is 10.2. The smallest absolute Gasteiger partial charge is 0.277 e. The summed E-state index contributed by atoms with van der Waals surface area (Å²) in [6, 6.07) is 5.49. The molecule has 114 valence electrons. The second-order valence-corrected chi connectivity index (χ2v) is 4.82. The first-order chi connectivity index (χ1) is 10.6. The Bertz CT molecular complexity index is 778. The van der Waals surface area contributed by atoms with Crippen LogP contribution in [0.5, 0.6) is 5.75 Å². The van der Waals surface area contributed by atoms with Crippen molar-refractivity contribution < 1.29 is 19.4 Å². The maximum atomic E-state index is 12.2. The Morgan fingerprint density at radius 2 is 2.18 bits per heavy atom. The van der Waals surface area contributed by atoms with Gasteiger partial charge < -0.3 is 20.1 Å². The maximum Gasteiger partial charge on any atom is 0.277 e. The molecule has 2 aromatic rings. The molecule has 1 aromatic heterocycles. The van der Waals surface area contributed by atoms with Crippen LogP contribution in [0.3, 0.4) is 0 Å². The zero-order chi connectivity index (χ0) is 15.7. The number of anilines is 1. The average molecular weight is 301 g/mol. The van der Waals surface area contributed by atoms with E-state index in [0.29, 0.717) is 11.4 Å². The first-order valence-corrected chi connectivity index (χ1v) is 6.74. The molecule has 0 radical (unpaired) electrons. The number of amides is 2. The molecule has 7 nitrogen and oxygen atoms in total. The summed E-state index contributed by atoms with van der Waals surface area (Å²) in [6.07, 6.45) is 3.01. The molecule has 1 aliphatic rings. The SMILES string of the molecule is COc1cc(NC2=CC(=O)N(CCO)C2=O)c2[nH]ccc2c1. The topological polar surface area (TPSA) is 94.7 Å². The minimum Gasteiger partial charge on any atom is -0.497 e. The van der Waals surface area contributed by atoms with Crippen molar-refractivity contribution in [1.82, 2.24) is 9.88 Å². The molecular formula is C15H15N3O4. The number of aromatic amines is 1. The fraction of sp³-hybridized carbons (Fsp3) is 0.200. The van der Waals surface area contributed by atoms with E-state index in [1.807, 2.05) is 12.1 Å². The largest absolute Gasteiger partial charge is 0.497 e. The molecule has 22 heavy (non-hydrogen) atoms. The normalized spacial score (nSPS) is 14.6. The number of aliphatic hydroxyl groups is 1. The summed E-state index contributed by atoms with van der Waals surface area (Å²) >= 11 is 0. The van der Waals surface area contributed by atoms with Crippen molar-refractivity contribution in [1.29, 1.82) is 0 Å². The monoisotopic (exact) mass is 301 g/mol. The van der Waals surface area contributed by atoms with Crippen LogP contribution in [-0.2, 0) is 9.59 Å². The Morgan fingerprint density at radius 3 is 2.91 bits per heavy atom. The van der Waals surface area contributed by atoms with Gasteiger partial charge in [0, 0.05) is 23.7 Å². The summed E-state index contributed by atoms with van der Waals surface area (Å²) in [5, 5.41) is 12.8. The van der Waals surface area contributed by atoms with Crippen LogP contribution in [0, 0.1) is 0 Å². The van der Waals surface area contributed by atoms with Gasteiger partial charge in [-0.1, -0.05) is 0 Å². The molecule has 0 saturated heterocycles. The van der Waals surface area contributed by atoms with E-state index in [1.165, 1.54) is 6.08 Å². The van der Waals surface area contributed by atoms with E-state index in [4.69, 9.17) is 9.84 Å². The number of ether oxygens (including phenoxy) is 1. The number of fused-ring (bicyclic) bond motifs is 1. The lowest BCUT2D eigenvalue weighted by Crippen LogP contribution is -2.34. The highest BCUT2D eigenvalue weighted by Crippen LogP contribution is 2.30. The van der Waals surface area contributed by atoms with Gasteiger partial charge in [0.1, 0.15) is 11.4 Å². The first-order valence-electron chi connectivity index (χ1n) is 6.74. The molecule has 0 spiro atoms. The maximum absolute atomic E-state index is 12.2. The van der Waals surface area contributed by atoms with Gasteiger partial charge in [-0.2, -0.15) is 0 Å². The van der Waals surface area contributed by atoms with Crippen LogP contribution in [0.2, 0.25) is 0 Å². The number of hydrogen-bond donors (Lipinski definition) is 3. The van der Waals surface area contributed by atoms with Crippen molar-refractivity contribution in [3.05, 3.63) is 36.2 Å². The summed E-state index contributed by atoms with van der Waals surface area (Å²) in [6.45, 7) is -0.284. The van der Waals surface area contributed by atoms with Gasteiger partial charge in [-0.15, -0.1) is 0 Å². The molecular weight excluding hydrogens is 286 g/mol. The second kappa shape index (κ2) is 5.53. The molecule has 0 unspecified atom stereocenters. The van der Waals surface area contributed by atoms with Gasteiger partial charge in [0.15, 0.2) is 0 Å². The number of benzene rings is 1. The van der Waals surface area contributed by atoms with Crippen molar-refractivity contribution >= 4 is 28.4 Å². The molecule has 1 aromatic carbocycles. The lowest BCUT2D eigenvalue weighted by Gasteiger charge is -2.14. The quantitative estimate of drug-likeness (QED) is 0.711. The molecule has 2 amide bonds. The van der Waals surface area contributed by atoms with Crippen molar-refractivity contribution in [2.45, 2.75) is 0 Å². The van der Waals surface area contributed by atoms with Gasteiger partial charge in [-0.25, -0.2) is 0 Å². The number of hydrogen-bond acceptors (Lipinski definition) is 5. The fourth-order valence-electron chi connectivity index (χ4n) is 2.42. The minimum atomic E-state index is -0.457. The van der Waals surface area contributed by atoms with Gasteiger partial charge in [-0.3, -0.25) is 14.5 Å². The van der Waals surface area contributed by atoms with Crippen LogP contribution in [0.15, 0.2) is 36.2 Å². The zero-order valence-corrected chi connectivity index (χ0v) is 11.9. The van der Waals surface area contributed by atoms with Crippen molar-refractivity contribution in [3.63, 3.8) is 0 Å². The predicted molar refractivity (Wildman–Crippen MR) is 80.4 cm³/mol. The fourth-order valence-corrected chi connectivity index (χ4v) is 2.42. The van der Waals surface area contributed by atoms with E-state index in [-0.39, 0.29) is 18.8 Å². The summed E-state index contributed by atoms with van der Waals surface area (Å²) in [5.41, 5.74) is 1.61. The van der Waals surface area contributed by atoms with Crippen LogP contribution >= 0.6 is 0 Å². The summed E-state index contributed by atoms with van der Waals surface area (Å²) in [5.74, 6) is -0.257. The summed E-state index contributed by atoms with van der Waals surface area (Å²) < 4.78 is 5.24. The third-order valence-corrected chi connectivity index (χ3v) is 3.47. The molecule has 3 N–H and O–H groups in total. The third kappa shape index (κ3) is 2.31. The standard InChI is InChI=1S/C15H15N3O4/c1-22-10-6-9-2-3-16-14(9)11(7-10)17-12-8-13(20)18(4-5-19)15(12)21/h2-3,6-8,16-17,19H,4-5H2,1H3. The molecule has 0 fully saturated rings. The number of carbonyl (C=O) groups is 2. The van der Waals surface area contributed by atoms with Crippen molar-refractivity contribution in [3.8, 4) is 5.75 Å². The van der Waals surface area contributed by atoms with Gasteiger partial charge in [0.05, 0.1) is 31.5 Å². The number of rotatable bonds is 5. The lowest BCUT2D eigenvalue weighted by molar-refractivity contribution is -0.137. The molecule has 0 bridgehead atoms. The highest BCUT2D eigenvalue weighted by atomic mass is 16.5. The van der Waals surface area contributed by atoms with E-state index < -0.39 is 11.8 Å². The number of aromatic nitrogens is 1. The summed E-state index contributed by atoms with van der Waals surface area (Å²) in [7, 11) is 1.56. The van der Waals surface area contributed by atoms with E-state index >= 15 is 0 Å². The number of aliphatic hydroxyl groups excluding tert-OH is 1. The average Bonchev–Trinajstić information content (AvgIpc) is 3.08. The van der Waals surface area contributed by atoms with E-state index in [1.54, 1.807) is 19.4 Å². The van der Waals surface area contributed by atoms with Crippen LogP contribution in [0.1, 0.15) is 0 Å². The Hall–Kier alpha value is -2.80. The predicted octanol–water partition coefficient (Wildman–Crippen LogP) is 0.833. The van der Waals surface area contributed by atoms with Gasteiger partial charge in [0.25, 0.3) is 11.8 Å². The molecule has 1 aliphatic heterocycles. The number of β-amino-alcohol motifs (C(OH)–C–C–N with tert-alkyl or cyclic N) is 1. The van der Waals surface area contributed by atoms with Crippen LogP contribution < -0.4 is 10.1 Å². The zero-order valence-electron chi connectivity index (χ0n) is 11.9. The highest BCUT2D eigenvalue weighted by molar-refractivity contribution is 6.18. The number of methoxy groups -OCH3 is 1. The Kier molecular flexibility index (Phi) is 3.56. The highest BCUT2D eigenvalue weighted by Gasteiger charge is 2.30. The Morgan fingerprint density at radius 1 is 1.36 bits per heavy atom. The van der Waals surface area contributed by atoms with Gasteiger partial charge in [0.2, 0.25) is 0 Å². The first kappa shape index (κ1) is 14.2. The Labute approximate surface area is 126 Å². The second-order valence-electron chi connectivity index (χ2n) is 4.82. The van der Waals surface area contributed by atoms with Crippen LogP contribution in [-0.4, -0.2) is 47.1 Å². The number of H-pyrrole nitrogens is 1. The summed E-state index contributed by atoms with van der Waals surface area (Å²) in [4.78, 5) is 28.0. The molecule has 3 rings (SSSR count). The van der Waals surface area contributed by atoms with Gasteiger partial charge in [-0.05, 0) is 12.1 Å². The van der Waals surface area contributed by atoms with Crippen molar-refractivity contribution in [2.24, 2.45) is 0 Å². The van der Waals surface area contributed by atoms with E-state index in [2.05, 4.69) is 10.3 Å². The number of nitrogens with zero attached hydrogens (tertiary/aromatic N) is 1. The third-order valence-electron chi connectivity index (χ3n) is 3.47. The van der Waals surface area contributed by atoms with Gasteiger partial charge >= 0.3 is 0 Å². The van der Waals surface area contributed by atoms with Crippen LogP contribution in [0.4, 0.5) is 5.69 Å². The van der Waals surface area contributed by atoms with E-state index in [9.17, 15) is 9.59 Å².